The average molecular weight is 427 g/mol. The summed E-state index contributed by atoms with van der Waals surface area (Å²) in [6.45, 7) is 1.69. The Morgan fingerprint density at radius 2 is 1.61 bits per heavy atom. The van der Waals surface area contributed by atoms with Gasteiger partial charge in [0.25, 0.3) is 17.3 Å². The molecule has 2 rings (SSSR count). The number of benzene rings is 2. The number of nitrogens with one attached hydrogen (secondary N) is 1. The number of nitro groups is 2. The summed E-state index contributed by atoms with van der Waals surface area (Å²) in [5.74, 6) is -0.568. The number of carbonyl (C=O) groups excluding carboxylic acids is 1. The summed E-state index contributed by atoms with van der Waals surface area (Å²) in [5.41, 5.74) is 0.701. The molecule has 9 heteroatoms. The fourth-order valence-electron chi connectivity index (χ4n) is 1.85. The summed E-state index contributed by atoms with van der Waals surface area (Å²) in [6, 6.07) is 8.04. The maximum absolute atomic E-state index is 12.3. The average Bonchev–Trinajstić information content (AvgIpc) is 2.49. The molecule has 1 amide bonds. The highest BCUT2D eigenvalue weighted by Crippen LogP contribution is 2.24. The van der Waals surface area contributed by atoms with E-state index in [4.69, 9.17) is 0 Å². The molecule has 0 atom stereocenters. The fraction of sp³-hybridized carbons (Fsp3) is 0.0714. The Bertz CT molecular complexity index is 822. The number of halogens is 1. The number of nitro benzene ring substituents is 2. The van der Waals surface area contributed by atoms with Gasteiger partial charge in [0.15, 0.2) is 0 Å². The molecule has 0 spiro atoms. The predicted molar refractivity (Wildman–Crippen MR) is 91.6 cm³/mol. The number of aryl methyl sites for hydroxylation is 1. The molecule has 0 unspecified atom stereocenters. The fourth-order valence-corrected chi connectivity index (χ4v) is 2.43. The molecule has 0 aromatic heterocycles. The summed E-state index contributed by atoms with van der Waals surface area (Å²) in [6.07, 6.45) is 0. The minimum absolute atomic E-state index is 0.130. The predicted octanol–water partition coefficient (Wildman–Crippen LogP) is 3.67. The quantitative estimate of drug-likeness (QED) is 0.454. The zero-order valence-corrected chi connectivity index (χ0v) is 13.9. The van der Waals surface area contributed by atoms with Crippen LogP contribution in [0.2, 0.25) is 0 Å². The van der Waals surface area contributed by atoms with Crippen LogP contribution in [0.4, 0.5) is 17.1 Å². The smallest absolute Gasteiger partial charge is 0.271 e. The van der Waals surface area contributed by atoms with Crippen LogP contribution in [0.25, 0.3) is 0 Å². The zero-order chi connectivity index (χ0) is 17.1. The number of anilines is 1. The molecule has 0 saturated carbocycles. The first kappa shape index (κ1) is 16.8. The van der Waals surface area contributed by atoms with Crippen LogP contribution in [0.5, 0.6) is 0 Å². The summed E-state index contributed by atoms with van der Waals surface area (Å²) >= 11 is 1.89. The van der Waals surface area contributed by atoms with Crippen molar-refractivity contribution in [2.24, 2.45) is 0 Å². The van der Waals surface area contributed by atoms with Gasteiger partial charge in [-0.1, -0.05) is 6.07 Å². The molecular weight excluding hydrogens is 417 g/mol. The number of hydrogen-bond acceptors (Lipinski definition) is 5. The molecule has 2 aromatic carbocycles. The van der Waals surface area contributed by atoms with Crippen molar-refractivity contribution in [1.82, 2.24) is 0 Å². The third kappa shape index (κ3) is 3.80. The summed E-state index contributed by atoms with van der Waals surface area (Å²) in [7, 11) is 0. The molecule has 0 bridgehead atoms. The molecule has 0 heterocycles. The van der Waals surface area contributed by atoms with Gasteiger partial charge in [-0.3, -0.25) is 25.0 Å². The summed E-state index contributed by atoms with van der Waals surface area (Å²) < 4.78 is 0.536. The largest absolute Gasteiger partial charge is 0.321 e. The van der Waals surface area contributed by atoms with Gasteiger partial charge in [0.05, 0.1) is 21.1 Å². The van der Waals surface area contributed by atoms with E-state index in [1.807, 2.05) is 22.6 Å². The number of non-ortho nitro benzene ring substituents is 2. The van der Waals surface area contributed by atoms with E-state index in [1.54, 1.807) is 6.92 Å². The Labute approximate surface area is 143 Å². The minimum Gasteiger partial charge on any atom is -0.321 e. The van der Waals surface area contributed by atoms with E-state index in [0.717, 1.165) is 0 Å². The Morgan fingerprint density at radius 1 is 1.04 bits per heavy atom. The third-order valence-corrected chi connectivity index (χ3v) is 4.03. The molecule has 23 heavy (non-hydrogen) atoms. The molecule has 0 aliphatic heterocycles. The van der Waals surface area contributed by atoms with E-state index in [2.05, 4.69) is 5.32 Å². The van der Waals surface area contributed by atoms with Crippen LogP contribution in [0.15, 0.2) is 36.4 Å². The Kier molecular flexibility index (Phi) is 4.89. The Balaban J connectivity index is 2.36. The van der Waals surface area contributed by atoms with Crippen molar-refractivity contribution in [3.63, 3.8) is 0 Å². The van der Waals surface area contributed by atoms with Gasteiger partial charge in [-0.15, -0.1) is 0 Å². The molecule has 0 aliphatic carbocycles. The second-order valence-electron chi connectivity index (χ2n) is 4.63. The SMILES string of the molecule is Cc1ccc([N+](=O)[O-])cc1NC(=O)c1cc([N+](=O)[O-])ccc1I. The normalized spacial score (nSPS) is 10.2. The van der Waals surface area contributed by atoms with Gasteiger partial charge in [-0.05, 0) is 41.1 Å². The number of carbonyl (C=O) groups is 1. The van der Waals surface area contributed by atoms with Gasteiger partial charge in [0.1, 0.15) is 0 Å². The zero-order valence-electron chi connectivity index (χ0n) is 11.8. The highest BCUT2D eigenvalue weighted by Gasteiger charge is 2.17. The maximum atomic E-state index is 12.3. The van der Waals surface area contributed by atoms with Crippen LogP contribution >= 0.6 is 22.6 Å². The van der Waals surface area contributed by atoms with Crippen molar-refractivity contribution >= 4 is 45.6 Å². The van der Waals surface area contributed by atoms with Crippen LogP contribution in [0.3, 0.4) is 0 Å². The van der Waals surface area contributed by atoms with Crippen molar-refractivity contribution < 1.29 is 14.6 Å². The van der Waals surface area contributed by atoms with Crippen molar-refractivity contribution in [1.29, 1.82) is 0 Å². The molecular formula is C14H10IN3O5. The van der Waals surface area contributed by atoms with E-state index in [0.29, 0.717) is 9.13 Å². The Hall–Kier alpha value is -2.56. The topological polar surface area (TPSA) is 115 Å². The molecule has 118 valence electrons. The molecule has 0 saturated heterocycles. The molecule has 8 nitrogen and oxygen atoms in total. The van der Waals surface area contributed by atoms with Crippen molar-refractivity contribution in [2.75, 3.05) is 5.32 Å². The van der Waals surface area contributed by atoms with Crippen molar-refractivity contribution in [3.8, 4) is 0 Å². The first-order valence-electron chi connectivity index (χ1n) is 6.30. The monoisotopic (exact) mass is 427 g/mol. The number of amides is 1. The van der Waals surface area contributed by atoms with Gasteiger partial charge in [0, 0.05) is 27.8 Å². The number of rotatable bonds is 4. The number of hydrogen-bond donors (Lipinski definition) is 1. The van der Waals surface area contributed by atoms with Gasteiger partial charge in [-0.2, -0.15) is 0 Å². The van der Waals surface area contributed by atoms with E-state index in [9.17, 15) is 25.0 Å². The Morgan fingerprint density at radius 3 is 2.22 bits per heavy atom. The van der Waals surface area contributed by atoms with Gasteiger partial charge >= 0.3 is 0 Å². The lowest BCUT2D eigenvalue weighted by atomic mass is 10.1. The summed E-state index contributed by atoms with van der Waals surface area (Å²) in [5, 5.41) is 24.2. The van der Waals surface area contributed by atoms with E-state index in [-0.39, 0.29) is 22.6 Å². The van der Waals surface area contributed by atoms with Gasteiger partial charge in [-0.25, -0.2) is 0 Å². The van der Waals surface area contributed by atoms with Gasteiger partial charge < -0.3 is 5.32 Å². The van der Waals surface area contributed by atoms with Crippen LogP contribution in [0, 0.1) is 30.7 Å². The second-order valence-corrected chi connectivity index (χ2v) is 5.79. The molecule has 0 radical (unpaired) electrons. The molecule has 1 N–H and O–H groups in total. The summed E-state index contributed by atoms with van der Waals surface area (Å²) in [4.78, 5) is 32.8. The van der Waals surface area contributed by atoms with Crippen LogP contribution in [0.1, 0.15) is 15.9 Å². The minimum atomic E-state index is -0.592. The van der Waals surface area contributed by atoms with Crippen molar-refractivity contribution in [2.45, 2.75) is 6.92 Å². The molecule has 0 aliphatic rings. The third-order valence-electron chi connectivity index (χ3n) is 3.09. The van der Waals surface area contributed by atoms with Crippen molar-refractivity contribution in [3.05, 3.63) is 71.3 Å². The van der Waals surface area contributed by atoms with E-state index < -0.39 is 15.8 Å². The van der Waals surface area contributed by atoms with E-state index in [1.165, 1.54) is 36.4 Å². The lowest BCUT2D eigenvalue weighted by Gasteiger charge is -2.09. The highest BCUT2D eigenvalue weighted by molar-refractivity contribution is 14.1. The standard InChI is InChI=1S/C14H10IN3O5/c1-8-2-3-10(18(22)23)7-13(8)16-14(19)11-6-9(17(20)21)4-5-12(11)15/h2-7H,1H3,(H,16,19). The van der Waals surface area contributed by atoms with Crippen LogP contribution in [-0.4, -0.2) is 15.8 Å². The van der Waals surface area contributed by atoms with Crippen LogP contribution < -0.4 is 5.32 Å². The maximum Gasteiger partial charge on any atom is 0.271 e. The van der Waals surface area contributed by atoms with Gasteiger partial charge in [0.2, 0.25) is 0 Å². The lowest BCUT2D eigenvalue weighted by molar-refractivity contribution is -0.385. The first-order chi connectivity index (χ1) is 10.8. The molecule has 2 aromatic rings. The second kappa shape index (κ2) is 6.69. The van der Waals surface area contributed by atoms with Crippen LogP contribution in [-0.2, 0) is 0 Å². The number of nitrogens with zero attached hydrogens (tertiary/aromatic N) is 2. The lowest BCUT2D eigenvalue weighted by Crippen LogP contribution is -2.14. The first-order valence-corrected chi connectivity index (χ1v) is 7.38. The molecule has 0 fully saturated rings. The van der Waals surface area contributed by atoms with E-state index >= 15 is 0 Å². The highest BCUT2D eigenvalue weighted by atomic mass is 127.